The van der Waals surface area contributed by atoms with Crippen molar-refractivity contribution in [3.63, 3.8) is 0 Å². The standard InChI is InChI=1S/C6H5ClN6S/c7-3-1-4(11-6(8)10-3)14-5-2-9-13-12-5/h1-2H,(H2,8,10,11)(H,9,12,13). The summed E-state index contributed by atoms with van der Waals surface area (Å²) in [6, 6.07) is 1.61. The smallest absolute Gasteiger partial charge is 0.222 e. The number of H-pyrrole nitrogens is 1. The molecule has 6 nitrogen and oxygen atoms in total. The molecule has 2 aromatic rings. The minimum Gasteiger partial charge on any atom is -0.368 e. The van der Waals surface area contributed by atoms with Crippen LogP contribution >= 0.6 is 23.4 Å². The zero-order chi connectivity index (χ0) is 9.97. The molecule has 0 aliphatic carbocycles. The van der Waals surface area contributed by atoms with Gasteiger partial charge in [-0.2, -0.15) is 10.3 Å². The number of aromatic amines is 1. The molecule has 8 heteroatoms. The molecule has 72 valence electrons. The molecule has 0 bridgehead atoms. The third kappa shape index (κ3) is 2.12. The van der Waals surface area contributed by atoms with E-state index in [1.807, 2.05) is 0 Å². The van der Waals surface area contributed by atoms with E-state index in [0.29, 0.717) is 15.2 Å². The molecule has 0 saturated heterocycles. The number of nitrogens with two attached hydrogens (primary N) is 1. The first kappa shape index (κ1) is 9.22. The topological polar surface area (TPSA) is 93.4 Å². The van der Waals surface area contributed by atoms with E-state index in [2.05, 4.69) is 25.4 Å². The van der Waals surface area contributed by atoms with E-state index in [1.54, 1.807) is 12.3 Å². The maximum atomic E-state index is 5.70. The van der Waals surface area contributed by atoms with Crippen LogP contribution in [0, 0.1) is 0 Å². The molecule has 2 aromatic heterocycles. The summed E-state index contributed by atoms with van der Waals surface area (Å²) in [6.45, 7) is 0. The number of halogens is 1. The highest BCUT2D eigenvalue weighted by Crippen LogP contribution is 2.25. The van der Waals surface area contributed by atoms with Crippen molar-refractivity contribution in [2.75, 3.05) is 5.73 Å². The zero-order valence-corrected chi connectivity index (χ0v) is 8.38. The van der Waals surface area contributed by atoms with Crippen LogP contribution in [0.1, 0.15) is 0 Å². The van der Waals surface area contributed by atoms with Gasteiger partial charge in [0.15, 0.2) is 0 Å². The fourth-order valence-corrected chi connectivity index (χ4v) is 1.78. The molecule has 2 rings (SSSR count). The molecule has 3 N–H and O–H groups in total. The van der Waals surface area contributed by atoms with Gasteiger partial charge in [0.25, 0.3) is 0 Å². The second kappa shape index (κ2) is 3.81. The fraction of sp³-hybridized carbons (Fsp3) is 0. The molecule has 0 fully saturated rings. The summed E-state index contributed by atoms with van der Waals surface area (Å²) in [7, 11) is 0. The maximum absolute atomic E-state index is 5.70. The Morgan fingerprint density at radius 2 is 2.21 bits per heavy atom. The number of nitrogens with one attached hydrogen (secondary N) is 1. The summed E-state index contributed by atoms with van der Waals surface area (Å²) in [5.41, 5.74) is 5.42. The zero-order valence-electron chi connectivity index (χ0n) is 6.81. The molecule has 0 aliphatic heterocycles. The SMILES string of the molecule is Nc1nc(Cl)cc(Sc2cn[nH]n2)n1. The van der Waals surface area contributed by atoms with E-state index in [-0.39, 0.29) is 5.95 Å². The monoisotopic (exact) mass is 228 g/mol. The Hall–Kier alpha value is -1.34. The van der Waals surface area contributed by atoms with Crippen LogP contribution in [0.25, 0.3) is 0 Å². The first-order valence-electron chi connectivity index (χ1n) is 3.58. The molecule has 14 heavy (non-hydrogen) atoms. The van der Waals surface area contributed by atoms with E-state index in [4.69, 9.17) is 17.3 Å². The van der Waals surface area contributed by atoms with E-state index in [0.717, 1.165) is 0 Å². The predicted molar refractivity (Wildman–Crippen MR) is 52.0 cm³/mol. The molecule has 0 amide bonds. The van der Waals surface area contributed by atoms with Gasteiger partial charge in [0.2, 0.25) is 5.95 Å². The molecule has 0 spiro atoms. The first-order chi connectivity index (χ1) is 6.74. The fourth-order valence-electron chi connectivity index (χ4n) is 0.813. The summed E-state index contributed by atoms with van der Waals surface area (Å²) in [4.78, 5) is 7.71. The average Bonchev–Trinajstić information content (AvgIpc) is 2.54. The van der Waals surface area contributed by atoms with Crippen LogP contribution in [0.4, 0.5) is 5.95 Å². The molecule has 0 aliphatic rings. The van der Waals surface area contributed by atoms with Gasteiger partial charge in [0.1, 0.15) is 15.2 Å². The minimum absolute atomic E-state index is 0.142. The van der Waals surface area contributed by atoms with E-state index < -0.39 is 0 Å². The van der Waals surface area contributed by atoms with Gasteiger partial charge in [-0.15, -0.1) is 5.10 Å². The van der Waals surface area contributed by atoms with Crippen LogP contribution in [-0.4, -0.2) is 25.4 Å². The summed E-state index contributed by atoms with van der Waals surface area (Å²) in [5, 5.41) is 11.6. The number of aromatic nitrogens is 5. The Kier molecular flexibility index (Phi) is 2.51. The number of hydrogen-bond acceptors (Lipinski definition) is 6. The quantitative estimate of drug-likeness (QED) is 0.745. The summed E-state index contributed by atoms with van der Waals surface area (Å²) >= 11 is 7.00. The molecular weight excluding hydrogens is 224 g/mol. The predicted octanol–water partition coefficient (Wildman–Crippen LogP) is 0.981. The molecule has 0 aromatic carbocycles. The highest BCUT2D eigenvalue weighted by molar-refractivity contribution is 7.99. The van der Waals surface area contributed by atoms with Crippen LogP contribution in [0.3, 0.4) is 0 Å². The molecule has 0 atom stereocenters. The van der Waals surface area contributed by atoms with Crippen molar-refractivity contribution in [3.8, 4) is 0 Å². The van der Waals surface area contributed by atoms with Gasteiger partial charge in [0.05, 0.1) is 6.20 Å². The second-order valence-electron chi connectivity index (χ2n) is 2.30. The lowest BCUT2D eigenvalue weighted by Crippen LogP contribution is -1.95. The third-order valence-corrected chi connectivity index (χ3v) is 2.31. The number of anilines is 1. The van der Waals surface area contributed by atoms with Gasteiger partial charge in [-0.05, 0) is 11.8 Å². The van der Waals surface area contributed by atoms with Crippen LogP contribution in [-0.2, 0) is 0 Å². The minimum atomic E-state index is 0.142. The van der Waals surface area contributed by atoms with Crippen LogP contribution in [0.5, 0.6) is 0 Å². The lowest BCUT2D eigenvalue weighted by Gasteiger charge is -1.98. The molecular formula is C6H5ClN6S. The van der Waals surface area contributed by atoms with Gasteiger partial charge in [-0.1, -0.05) is 11.6 Å². The van der Waals surface area contributed by atoms with Gasteiger partial charge in [0, 0.05) is 6.07 Å². The van der Waals surface area contributed by atoms with Gasteiger partial charge < -0.3 is 5.73 Å². The lowest BCUT2D eigenvalue weighted by atomic mass is 10.7. The molecule has 0 radical (unpaired) electrons. The Morgan fingerprint density at radius 3 is 2.86 bits per heavy atom. The van der Waals surface area contributed by atoms with Crippen molar-refractivity contribution in [2.24, 2.45) is 0 Å². The summed E-state index contributed by atoms with van der Waals surface area (Å²) in [5.74, 6) is 0.142. The van der Waals surface area contributed by atoms with Crippen molar-refractivity contribution < 1.29 is 0 Å². The number of rotatable bonds is 2. The van der Waals surface area contributed by atoms with Crippen molar-refractivity contribution in [3.05, 3.63) is 17.4 Å². The second-order valence-corrected chi connectivity index (χ2v) is 3.73. The maximum Gasteiger partial charge on any atom is 0.222 e. The van der Waals surface area contributed by atoms with Crippen LogP contribution in [0.15, 0.2) is 22.3 Å². The van der Waals surface area contributed by atoms with Crippen molar-refractivity contribution >= 4 is 29.3 Å². The van der Waals surface area contributed by atoms with E-state index >= 15 is 0 Å². The van der Waals surface area contributed by atoms with Crippen LogP contribution < -0.4 is 5.73 Å². The summed E-state index contributed by atoms with van der Waals surface area (Å²) in [6.07, 6.45) is 1.58. The Balaban J connectivity index is 2.25. The van der Waals surface area contributed by atoms with Gasteiger partial charge in [-0.25, -0.2) is 9.97 Å². The molecule has 0 unspecified atom stereocenters. The van der Waals surface area contributed by atoms with Gasteiger partial charge >= 0.3 is 0 Å². The third-order valence-electron chi connectivity index (χ3n) is 1.29. The van der Waals surface area contributed by atoms with Gasteiger partial charge in [-0.3, -0.25) is 0 Å². The highest BCUT2D eigenvalue weighted by atomic mass is 35.5. The Bertz CT molecular complexity index is 410. The molecule has 2 heterocycles. The first-order valence-corrected chi connectivity index (χ1v) is 4.77. The summed E-state index contributed by atoms with van der Waals surface area (Å²) < 4.78 is 0. The number of nitrogens with zero attached hydrogens (tertiary/aromatic N) is 4. The average molecular weight is 229 g/mol. The highest BCUT2D eigenvalue weighted by Gasteiger charge is 2.04. The Labute approximate surface area is 88.3 Å². The van der Waals surface area contributed by atoms with Crippen molar-refractivity contribution in [1.82, 2.24) is 25.4 Å². The number of nitrogen functional groups attached to an aromatic ring is 1. The van der Waals surface area contributed by atoms with Crippen molar-refractivity contribution in [1.29, 1.82) is 0 Å². The number of hydrogen-bond donors (Lipinski definition) is 2. The van der Waals surface area contributed by atoms with E-state index in [1.165, 1.54) is 11.8 Å². The normalized spacial score (nSPS) is 10.4. The van der Waals surface area contributed by atoms with Crippen molar-refractivity contribution in [2.45, 2.75) is 10.1 Å². The Morgan fingerprint density at radius 1 is 1.36 bits per heavy atom. The largest absolute Gasteiger partial charge is 0.368 e. The lowest BCUT2D eigenvalue weighted by molar-refractivity contribution is 0.910. The van der Waals surface area contributed by atoms with Crippen LogP contribution in [0.2, 0.25) is 5.15 Å². The van der Waals surface area contributed by atoms with E-state index in [9.17, 15) is 0 Å². The molecule has 0 saturated carbocycles.